The molecule has 2 rings (SSSR count). The average Bonchev–Trinajstić information content (AvgIpc) is 2.51. The van der Waals surface area contributed by atoms with Gasteiger partial charge in [0.1, 0.15) is 11.5 Å². The summed E-state index contributed by atoms with van der Waals surface area (Å²) >= 11 is 0. The Bertz CT molecular complexity index is 619. The first-order valence-electron chi connectivity index (χ1n) is 7.16. The Balaban J connectivity index is 1.98. The SMILES string of the molecule is COc1ccc(C(CCOc2cccc(C)c2)C(=O)O)cc1. The van der Waals surface area contributed by atoms with Gasteiger partial charge >= 0.3 is 5.97 Å². The van der Waals surface area contributed by atoms with Gasteiger partial charge in [0.15, 0.2) is 0 Å². The summed E-state index contributed by atoms with van der Waals surface area (Å²) in [7, 11) is 1.58. The van der Waals surface area contributed by atoms with Crippen molar-refractivity contribution in [2.75, 3.05) is 13.7 Å². The van der Waals surface area contributed by atoms with E-state index in [1.165, 1.54) is 0 Å². The van der Waals surface area contributed by atoms with E-state index in [2.05, 4.69) is 0 Å². The van der Waals surface area contributed by atoms with Gasteiger partial charge in [-0.3, -0.25) is 4.79 Å². The van der Waals surface area contributed by atoms with Gasteiger partial charge in [0.2, 0.25) is 0 Å². The summed E-state index contributed by atoms with van der Waals surface area (Å²) in [6, 6.07) is 14.8. The zero-order valence-electron chi connectivity index (χ0n) is 12.8. The molecule has 0 aliphatic heterocycles. The molecule has 0 fully saturated rings. The number of benzene rings is 2. The van der Waals surface area contributed by atoms with Gasteiger partial charge in [-0.15, -0.1) is 0 Å². The first-order chi connectivity index (χ1) is 10.6. The van der Waals surface area contributed by atoms with Gasteiger partial charge in [-0.25, -0.2) is 0 Å². The number of carboxylic acid groups (broad SMARTS) is 1. The zero-order chi connectivity index (χ0) is 15.9. The number of aliphatic carboxylic acids is 1. The van der Waals surface area contributed by atoms with Crippen LogP contribution in [0.4, 0.5) is 0 Å². The van der Waals surface area contributed by atoms with Crippen LogP contribution in [0.3, 0.4) is 0 Å². The molecule has 0 amide bonds. The molecule has 0 radical (unpaired) electrons. The molecule has 0 saturated heterocycles. The molecule has 22 heavy (non-hydrogen) atoms. The molecule has 1 N–H and O–H groups in total. The molecule has 4 nitrogen and oxygen atoms in total. The predicted octanol–water partition coefficient (Wildman–Crippen LogP) is 3.64. The summed E-state index contributed by atoms with van der Waals surface area (Å²) < 4.78 is 10.7. The van der Waals surface area contributed by atoms with Crippen molar-refractivity contribution in [2.24, 2.45) is 0 Å². The van der Waals surface area contributed by atoms with Gasteiger partial charge in [0, 0.05) is 0 Å². The molecule has 0 aliphatic carbocycles. The Kier molecular flexibility index (Phi) is 5.42. The fourth-order valence-electron chi connectivity index (χ4n) is 2.27. The predicted molar refractivity (Wildman–Crippen MR) is 84.7 cm³/mol. The number of methoxy groups -OCH3 is 1. The Hall–Kier alpha value is -2.49. The summed E-state index contributed by atoms with van der Waals surface area (Å²) in [6.45, 7) is 2.34. The van der Waals surface area contributed by atoms with Crippen LogP contribution in [0.2, 0.25) is 0 Å². The third-order valence-electron chi connectivity index (χ3n) is 3.48. The number of hydrogen-bond acceptors (Lipinski definition) is 3. The van der Waals surface area contributed by atoms with Crippen LogP contribution < -0.4 is 9.47 Å². The maximum atomic E-state index is 11.5. The normalized spacial score (nSPS) is 11.7. The number of rotatable bonds is 7. The number of aryl methyl sites for hydroxylation is 1. The first kappa shape index (κ1) is 15.9. The lowest BCUT2D eigenvalue weighted by atomic mass is 9.96. The lowest BCUT2D eigenvalue weighted by Crippen LogP contribution is -2.15. The third kappa shape index (κ3) is 4.25. The molecule has 0 saturated carbocycles. The molecule has 116 valence electrons. The zero-order valence-corrected chi connectivity index (χ0v) is 12.8. The molecule has 0 spiro atoms. The second kappa shape index (κ2) is 7.50. The van der Waals surface area contributed by atoms with Crippen LogP contribution in [-0.2, 0) is 4.79 Å². The van der Waals surface area contributed by atoms with E-state index < -0.39 is 11.9 Å². The van der Waals surface area contributed by atoms with Gasteiger partial charge in [-0.2, -0.15) is 0 Å². The largest absolute Gasteiger partial charge is 0.497 e. The highest BCUT2D eigenvalue weighted by Crippen LogP contribution is 2.23. The van der Waals surface area contributed by atoms with Crippen LogP contribution in [0.15, 0.2) is 48.5 Å². The molecular weight excluding hydrogens is 280 g/mol. The van der Waals surface area contributed by atoms with Crippen molar-refractivity contribution in [1.82, 2.24) is 0 Å². The Morgan fingerprint density at radius 2 is 1.86 bits per heavy atom. The van der Waals surface area contributed by atoms with E-state index in [1.54, 1.807) is 31.4 Å². The van der Waals surface area contributed by atoms with E-state index in [0.717, 1.165) is 16.9 Å². The average molecular weight is 300 g/mol. The molecule has 2 aromatic carbocycles. The van der Waals surface area contributed by atoms with Gasteiger partial charge in [0.05, 0.1) is 19.6 Å². The Morgan fingerprint density at radius 1 is 1.14 bits per heavy atom. The summed E-state index contributed by atoms with van der Waals surface area (Å²) in [5.41, 5.74) is 1.86. The fraction of sp³-hybridized carbons (Fsp3) is 0.278. The highest BCUT2D eigenvalue weighted by Gasteiger charge is 2.19. The highest BCUT2D eigenvalue weighted by molar-refractivity contribution is 5.76. The molecule has 4 heteroatoms. The van der Waals surface area contributed by atoms with Crippen molar-refractivity contribution in [1.29, 1.82) is 0 Å². The van der Waals surface area contributed by atoms with E-state index in [1.807, 2.05) is 31.2 Å². The van der Waals surface area contributed by atoms with Crippen molar-refractivity contribution < 1.29 is 19.4 Å². The fourth-order valence-corrected chi connectivity index (χ4v) is 2.27. The Labute approximate surface area is 130 Å². The standard InChI is InChI=1S/C18H20O4/c1-13-4-3-5-16(12-13)22-11-10-17(18(19)20)14-6-8-15(21-2)9-7-14/h3-9,12,17H,10-11H2,1-2H3,(H,19,20). The van der Waals surface area contributed by atoms with Gasteiger partial charge in [0.25, 0.3) is 0 Å². The lowest BCUT2D eigenvalue weighted by molar-refractivity contribution is -0.139. The van der Waals surface area contributed by atoms with Gasteiger partial charge in [-0.1, -0.05) is 24.3 Å². The maximum absolute atomic E-state index is 11.5. The topological polar surface area (TPSA) is 55.8 Å². The van der Waals surface area contributed by atoms with Crippen LogP contribution in [0.25, 0.3) is 0 Å². The van der Waals surface area contributed by atoms with Crippen LogP contribution in [-0.4, -0.2) is 24.8 Å². The minimum atomic E-state index is -0.849. The van der Waals surface area contributed by atoms with Crippen molar-refractivity contribution in [3.05, 3.63) is 59.7 Å². The van der Waals surface area contributed by atoms with Crippen LogP contribution in [0, 0.1) is 6.92 Å². The lowest BCUT2D eigenvalue weighted by Gasteiger charge is -2.14. The quantitative estimate of drug-likeness (QED) is 0.848. The molecule has 0 bridgehead atoms. The second-order valence-electron chi connectivity index (χ2n) is 5.12. The van der Waals surface area contributed by atoms with Crippen molar-refractivity contribution in [3.8, 4) is 11.5 Å². The number of ether oxygens (including phenoxy) is 2. The van der Waals surface area contributed by atoms with E-state index in [4.69, 9.17) is 9.47 Å². The van der Waals surface area contributed by atoms with Crippen molar-refractivity contribution >= 4 is 5.97 Å². The smallest absolute Gasteiger partial charge is 0.311 e. The second-order valence-corrected chi connectivity index (χ2v) is 5.12. The minimum Gasteiger partial charge on any atom is -0.497 e. The molecule has 0 heterocycles. The Morgan fingerprint density at radius 3 is 2.45 bits per heavy atom. The molecular formula is C18H20O4. The maximum Gasteiger partial charge on any atom is 0.311 e. The molecule has 2 aromatic rings. The van der Waals surface area contributed by atoms with Crippen molar-refractivity contribution in [2.45, 2.75) is 19.3 Å². The van der Waals surface area contributed by atoms with E-state index in [0.29, 0.717) is 18.8 Å². The van der Waals surface area contributed by atoms with Crippen molar-refractivity contribution in [3.63, 3.8) is 0 Å². The summed E-state index contributed by atoms with van der Waals surface area (Å²) in [5, 5.41) is 9.41. The van der Waals surface area contributed by atoms with Crippen LogP contribution in [0.1, 0.15) is 23.5 Å². The third-order valence-corrected chi connectivity index (χ3v) is 3.48. The monoisotopic (exact) mass is 300 g/mol. The molecule has 1 unspecified atom stereocenters. The van der Waals surface area contributed by atoms with Crippen LogP contribution >= 0.6 is 0 Å². The molecule has 1 atom stereocenters. The van der Waals surface area contributed by atoms with E-state index in [-0.39, 0.29) is 0 Å². The first-order valence-corrected chi connectivity index (χ1v) is 7.16. The highest BCUT2D eigenvalue weighted by atomic mass is 16.5. The van der Waals surface area contributed by atoms with E-state index >= 15 is 0 Å². The number of carbonyl (C=O) groups is 1. The molecule has 0 aliphatic rings. The molecule has 0 aromatic heterocycles. The summed E-state index contributed by atoms with van der Waals surface area (Å²) in [5.74, 6) is 0.0384. The van der Waals surface area contributed by atoms with Crippen LogP contribution in [0.5, 0.6) is 11.5 Å². The summed E-state index contributed by atoms with van der Waals surface area (Å²) in [6.07, 6.45) is 0.412. The minimum absolute atomic E-state index is 0.354. The summed E-state index contributed by atoms with van der Waals surface area (Å²) in [4.78, 5) is 11.5. The number of carboxylic acids is 1. The number of hydrogen-bond donors (Lipinski definition) is 1. The van der Waals surface area contributed by atoms with Gasteiger partial charge in [-0.05, 0) is 48.7 Å². The van der Waals surface area contributed by atoms with E-state index in [9.17, 15) is 9.90 Å². The van der Waals surface area contributed by atoms with Gasteiger partial charge < -0.3 is 14.6 Å².